The van der Waals surface area contributed by atoms with Crippen LogP contribution in [0.5, 0.6) is 0 Å². The van der Waals surface area contributed by atoms with E-state index in [-0.39, 0.29) is 29.2 Å². The maximum Gasteiger partial charge on any atom is 0.338 e. The molecule has 2 fully saturated rings. The molecule has 2 N–H and O–H groups in total. The third kappa shape index (κ3) is 5.43. The average molecular weight is 542 g/mol. The molecule has 1 saturated carbocycles. The molecule has 2 aliphatic rings. The normalized spacial score (nSPS) is 21.3. The Kier molecular flexibility index (Phi) is 7.30. The number of nitrogens with zero attached hydrogens (tertiary/aromatic N) is 1. The van der Waals surface area contributed by atoms with Crippen LogP contribution in [0.25, 0.3) is 0 Å². The predicted molar refractivity (Wildman–Crippen MR) is 129 cm³/mol. The van der Waals surface area contributed by atoms with E-state index in [0.29, 0.717) is 30.0 Å². The summed E-state index contributed by atoms with van der Waals surface area (Å²) in [7, 11) is 0. The molecule has 0 spiro atoms. The van der Waals surface area contributed by atoms with Gasteiger partial charge in [-0.1, -0.05) is 22.9 Å². The van der Waals surface area contributed by atoms with Gasteiger partial charge in [0.2, 0.25) is 11.8 Å². The van der Waals surface area contributed by atoms with Gasteiger partial charge in [-0.25, -0.2) is 4.79 Å². The molecule has 1 aliphatic heterocycles. The summed E-state index contributed by atoms with van der Waals surface area (Å²) in [5.41, 5.74) is 5.32. The van der Waals surface area contributed by atoms with Gasteiger partial charge in [0.15, 0.2) is 6.61 Å². The summed E-state index contributed by atoms with van der Waals surface area (Å²) in [4.78, 5) is 63.1. The molecule has 2 aromatic rings. The molecular weight excluding hydrogens is 518 g/mol. The molecule has 0 aromatic heterocycles. The lowest BCUT2D eigenvalue weighted by Crippen LogP contribution is -2.43. The summed E-state index contributed by atoms with van der Waals surface area (Å²) in [5.74, 6) is -2.51. The van der Waals surface area contributed by atoms with Crippen molar-refractivity contribution in [3.8, 4) is 0 Å². The summed E-state index contributed by atoms with van der Waals surface area (Å²) in [5, 5.41) is 0. The van der Waals surface area contributed by atoms with E-state index in [1.54, 1.807) is 24.3 Å². The van der Waals surface area contributed by atoms with Crippen LogP contribution in [0.1, 0.15) is 46.9 Å². The Hall–Kier alpha value is -3.53. The number of fused-ring (bicyclic) bond motifs is 1. The Morgan fingerprint density at radius 2 is 1.54 bits per heavy atom. The molecule has 1 heterocycles. The summed E-state index contributed by atoms with van der Waals surface area (Å²) in [6, 6.07) is 12.4. The van der Waals surface area contributed by atoms with Crippen LogP contribution < -0.4 is 15.8 Å². The molecule has 1 aliphatic carbocycles. The van der Waals surface area contributed by atoms with E-state index in [1.165, 1.54) is 29.2 Å². The maximum absolute atomic E-state index is 12.8. The number of anilines is 1. The summed E-state index contributed by atoms with van der Waals surface area (Å²) in [6.45, 7) is 1.49. The van der Waals surface area contributed by atoms with Crippen molar-refractivity contribution in [2.45, 2.75) is 26.2 Å². The number of imide groups is 1. The molecule has 0 bridgehead atoms. The highest BCUT2D eigenvalue weighted by Crippen LogP contribution is 2.42. The topological polar surface area (TPSA) is 122 Å². The molecule has 182 valence electrons. The summed E-state index contributed by atoms with van der Waals surface area (Å²) >= 11 is 3.27. The Morgan fingerprint density at radius 3 is 2.23 bits per heavy atom. The zero-order chi connectivity index (χ0) is 25.1. The highest BCUT2D eigenvalue weighted by molar-refractivity contribution is 9.10. The predicted octanol–water partition coefficient (Wildman–Crippen LogP) is 2.99. The largest absolute Gasteiger partial charge is 0.452 e. The number of carbonyl (C=O) groups excluding carboxylic acids is 5. The number of ether oxygens (including phenoxy) is 1. The first-order valence-corrected chi connectivity index (χ1v) is 12.0. The van der Waals surface area contributed by atoms with E-state index >= 15 is 0 Å². The van der Waals surface area contributed by atoms with Gasteiger partial charge in [-0.2, -0.15) is 0 Å². The second kappa shape index (κ2) is 10.4. The Bertz CT molecular complexity index is 1160. The fraction of sp³-hybridized carbons (Fsp3) is 0.320. The molecule has 1 saturated heterocycles. The van der Waals surface area contributed by atoms with Crippen LogP contribution in [0.2, 0.25) is 0 Å². The van der Waals surface area contributed by atoms with Gasteiger partial charge in [0.05, 0.1) is 23.1 Å². The summed E-state index contributed by atoms with van der Waals surface area (Å²) in [6.07, 6.45) is 2.35. The number of amides is 4. The van der Waals surface area contributed by atoms with Crippen molar-refractivity contribution in [3.05, 3.63) is 64.1 Å². The second-order valence-corrected chi connectivity index (χ2v) is 9.69. The highest BCUT2D eigenvalue weighted by Gasteiger charge is 2.49. The Morgan fingerprint density at radius 1 is 0.914 bits per heavy atom. The van der Waals surface area contributed by atoms with Crippen LogP contribution in [0.3, 0.4) is 0 Å². The van der Waals surface area contributed by atoms with Crippen molar-refractivity contribution >= 4 is 51.2 Å². The lowest BCUT2D eigenvalue weighted by Gasteiger charge is -2.25. The monoisotopic (exact) mass is 541 g/mol. The maximum atomic E-state index is 12.8. The minimum atomic E-state index is -0.757. The van der Waals surface area contributed by atoms with Gasteiger partial charge < -0.3 is 4.74 Å². The fourth-order valence-corrected chi connectivity index (χ4v) is 4.71. The Balaban J connectivity index is 1.28. The fourth-order valence-electron chi connectivity index (χ4n) is 4.44. The zero-order valence-corrected chi connectivity index (χ0v) is 20.5. The molecule has 10 heteroatoms. The Labute approximate surface area is 210 Å². The average Bonchev–Trinajstić information content (AvgIpc) is 3.10. The van der Waals surface area contributed by atoms with Crippen molar-refractivity contribution in [1.82, 2.24) is 10.9 Å². The summed E-state index contributed by atoms with van der Waals surface area (Å²) < 4.78 is 5.79. The first-order valence-electron chi connectivity index (χ1n) is 11.2. The lowest BCUT2D eigenvalue weighted by atomic mass is 9.76. The van der Waals surface area contributed by atoms with Crippen LogP contribution in [0.4, 0.5) is 5.69 Å². The van der Waals surface area contributed by atoms with Gasteiger partial charge in [0.1, 0.15) is 0 Å². The molecule has 35 heavy (non-hydrogen) atoms. The van der Waals surface area contributed by atoms with Gasteiger partial charge in [0.25, 0.3) is 11.8 Å². The molecule has 9 nitrogen and oxygen atoms in total. The number of hydrazine groups is 1. The van der Waals surface area contributed by atoms with Crippen LogP contribution in [-0.4, -0.2) is 36.2 Å². The SMILES string of the molecule is C[C@@H]1CC[C@@H]2C(=O)N(c3ccc(C(=O)OCC(=O)NNC(=O)c4ccc(Br)cc4)cc3)C(=O)[C@H]2C1. The smallest absolute Gasteiger partial charge is 0.338 e. The van der Waals surface area contributed by atoms with E-state index < -0.39 is 24.4 Å². The number of esters is 1. The molecular formula is C25H24BrN3O6. The van der Waals surface area contributed by atoms with Crippen molar-refractivity contribution < 1.29 is 28.7 Å². The number of hydrogen-bond donors (Lipinski definition) is 2. The van der Waals surface area contributed by atoms with Crippen molar-refractivity contribution in [3.63, 3.8) is 0 Å². The first kappa shape index (κ1) is 24.6. The van der Waals surface area contributed by atoms with Crippen LogP contribution >= 0.6 is 15.9 Å². The third-order valence-electron chi connectivity index (χ3n) is 6.31. The number of nitrogens with one attached hydrogen (secondary N) is 2. The van der Waals surface area contributed by atoms with Gasteiger partial charge >= 0.3 is 5.97 Å². The second-order valence-electron chi connectivity index (χ2n) is 8.78. The lowest BCUT2D eigenvalue weighted by molar-refractivity contribution is -0.125. The van der Waals surface area contributed by atoms with Crippen molar-refractivity contribution in [1.29, 1.82) is 0 Å². The van der Waals surface area contributed by atoms with E-state index in [4.69, 9.17) is 4.74 Å². The van der Waals surface area contributed by atoms with Crippen LogP contribution in [-0.2, 0) is 19.1 Å². The molecule has 3 atom stereocenters. The third-order valence-corrected chi connectivity index (χ3v) is 6.83. The van der Waals surface area contributed by atoms with Crippen molar-refractivity contribution in [2.75, 3.05) is 11.5 Å². The van der Waals surface area contributed by atoms with E-state index in [9.17, 15) is 24.0 Å². The molecule has 0 unspecified atom stereocenters. The molecule has 0 radical (unpaired) electrons. The first-order chi connectivity index (χ1) is 16.7. The van der Waals surface area contributed by atoms with E-state index in [1.807, 2.05) is 0 Å². The zero-order valence-electron chi connectivity index (χ0n) is 19.0. The van der Waals surface area contributed by atoms with Crippen LogP contribution in [0.15, 0.2) is 53.0 Å². The van der Waals surface area contributed by atoms with E-state index in [0.717, 1.165) is 10.9 Å². The number of halogens is 1. The molecule has 2 aromatic carbocycles. The number of rotatable bonds is 5. The highest BCUT2D eigenvalue weighted by atomic mass is 79.9. The van der Waals surface area contributed by atoms with Gasteiger partial charge in [-0.15, -0.1) is 0 Å². The van der Waals surface area contributed by atoms with Gasteiger partial charge in [-0.05, 0) is 73.7 Å². The number of carbonyl (C=O) groups is 5. The van der Waals surface area contributed by atoms with Crippen LogP contribution in [0, 0.1) is 17.8 Å². The van der Waals surface area contributed by atoms with Crippen molar-refractivity contribution in [2.24, 2.45) is 17.8 Å². The van der Waals surface area contributed by atoms with Gasteiger partial charge in [-0.3, -0.25) is 34.9 Å². The van der Waals surface area contributed by atoms with E-state index in [2.05, 4.69) is 33.7 Å². The minimum absolute atomic E-state index is 0.158. The standard InChI is InChI=1S/C25H24BrN3O6/c1-14-2-11-19-20(12-14)24(33)29(23(19)32)18-9-5-16(6-10-18)25(34)35-13-21(30)27-28-22(31)15-3-7-17(26)8-4-15/h3-10,14,19-20H,2,11-13H2,1H3,(H,27,30)(H,28,31)/t14-,19+,20+/m1/s1. The molecule has 4 rings (SSSR count). The number of benzene rings is 2. The molecule has 4 amide bonds. The quantitative estimate of drug-likeness (QED) is 0.341. The number of hydrogen-bond acceptors (Lipinski definition) is 6. The van der Waals surface area contributed by atoms with Gasteiger partial charge in [0, 0.05) is 10.0 Å². The minimum Gasteiger partial charge on any atom is -0.452 e.